The standard InChI is InChI=1S/Cu.3HI.2Li/h;3*1H;;/q+1;;;;2*+1/p-3. The van der Waals surface area contributed by atoms with Crippen LogP contribution in [0.4, 0.5) is 0 Å². The first-order chi connectivity index (χ1) is 1.00. The van der Waals surface area contributed by atoms with Gasteiger partial charge in [-0.3, -0.25) is 0 Å². The normalized spacial score (nSPS) is 1.17. The van der Waals surface area contributed by atoms with Crippen molar-refractivity contribution < 1.29 is 98.4 Å². The number of halogens is 3. The molecular formula is CuI3Li2. The third-order valence-corrected chi connectivity index (χ3v) is 0. The number of hydrogen-bond donors (Lipinski definition) is 0. The summed E-state index contributed by atoms with van der Waals surface area (Å²) in [5.74, 6) is 0. The maximum absolute atomic E-state index is 4.16. The van der Waals surface area contributed by atoms with E-state index in [2.05, 4.69) is 12.8 Å². The quantitative estimate of drug-likeness (QED) is 0.250. The van der Waals surface area contributed by atoms with Gasteiger partial charge in [0.05, 0.1) is 0 Å². The fourth-order valence-electron chi connectivity index (χ4n) is 0. The monoisotopic (exact) mass is 458 g/mol. The molecule has 0 saturated heterocycles. The summed E-state index contributed by atoms with van der Waals surface area (Å²) in [5, 5.41) is 0. The molecule has 0 atom stereocenters. The molecule has 0 aliphatic rings. The minimum atomic E-state index is 0. The molecule has 0 amide bonds. The molecular weight excluding hydrogens is 458 g/mol. The van der Waals surface area contributed by atoms with Crippen molar-refractivity contribution in [3.63, 3.8) is 0 Å². The molecule has 0 N–H and O–H groups in total. The van der Waals surface area contributed by atoms with Crippen LogP contribution in [-0.2, 0) is 12.8 Å². The molecule has 0 unspecified atom stereocenters. The van der Waals surface area contributed by atoms with E-state index in [-0.39, 0.29) is 85.7 Å². The number of rotatable bonds is 0. The van der Waals surface area contributed by atoms with Gasteiger partial charge in [0.15, 0.2) is 0 Å². The molecule has 0 aliphatic heterocycles. The Morgan fingerprint density at radius 2 is 0.833 bits per heavy atom. The van der Waals surface area contributed by atoms with Gasteiger partial charge in [0.2, 0.25) is 0 Å². The topological polar surface area (TPSA) is 0 Å². The molecule has 0 spiro atoms. The predicted octanol–water partition coefficient (Wildman–Crippen LogP) is -11.1. The Bertz CT molecular complexity index is 8.75. The molecule has 0 aliphatic carbocycles. The van der Waals surface area contributed by atoms with Crippen LogP contribution in [0.3, 0.4) is 0 Å². The molecule has 0 radical (unpaired) electrons. The maximum atomic E-state index is 4.16. The van der Waals surface area contributed by atoms with Crippen LogP contribution in [0.25, 0.3) is 0 Å². The van der Waals surface area contributed by atoms with Crippen molar-refractivity contribution in [3.05, 3.63) is 0 Å². The van der Waals surface area contributed by atoms with Crippen LogP contribution >= 0.6 is 20.3 Å². The summed E-state index contributed by atoms with van der Waals surface area (Å²) in [4.78, 5) is 0. The summed E-state index contributed by atoms with van der Waals surface area (Å²) >= 11 is 5.87. The van der Waals surface area contributed by atoms with Gasteiger partial charge in [-0.05, 0) is 0 Å². The molecule has 0 saturated carbocycles. The van der Waals surface area contributed by atoms with Gasteiger partial charge in [0, 0.05) is 0 Å². The van der Waals surface area contributed by atoms with Crippen molar-refractivity contribution in [3.8, 4) is 0 Å². The van der Waals surface area contributed by atoms with Crippen LogP contribution in [0.2, 0.25) is 0 Å². The van der Waals surface area contributed by atoms with Gasteiger partial charge < -0.3 is 48.0 Å². The summed E-state index contributed by atoms with van der Waals surface area (Å²) in [6, 6.07) is 0. The molecule has 0 aromatic carbocycles. The Morgan fingerprint density at radius 3 is 0.833 bits per heavy atom. The maximum Gasteiger partial charge on any atom is 1.00 e. The second kappa shape index (κ2) is 36.5. The molecule has 34 valence electrons. The predicted molar refractivity (Wildman–Crippen MR) is 14.0 cm³/mol. The second-order valence-electron chi connectivity index (χ2n) is 0. The smallest absolute Gasteiger partial charge is 1.00 e. The van der Waals surface area contributed by atoms with E-state index < -0.39 is 0 Å². The Balaban J connectivity index is -0.000000000833. The first-order valence-corrected chi connectivity index (χ1v) is 3.15. The van der Waals surface area contributed by atoms with Gasteiger partial charge in [-0.2, -0.15) is 0 Å². The van der Waals surface area contributed by atoms with Crippen LogP contribution in [0.15, 0.2) is 0 Å². The van der Waals surface area contributed by atoms with E-state index in [1.807, 2.05) is 0 Å². The van der Waals surface area contributed by atoms with E-state index in [1.165, 1.54) is 0 Å². The summed E-state index contributed by atoms with van der Waals surface area (Å²) < 4.78 is 0. The van der Waals surface area contributed by atoms with E-state index in [9.17, 15) is 0 Å². The molecule has 0 bridgehead atoms. The van der Waals surface area contributed by atoms with E-state index >= 15 is 0 Å². The Labute approximate surface area is 116 Å². The van der Waals surface area contributed by atoms with Crippen molar-refractivity contribution >= 4 is 20.3 Å². The number of hydrogen-bond acceptors (Lipinski definition) is 0. The molecule has 0 aromatic heterocycles. The summed E-state index contributed by atoms with van der Waals surface area (Å²) in [6.45, 7) is 0. The van der Waals surface area contributed by atoms with Crippen LogP contribution in [0.1, 0.15) is 0 Å². The SMILES string of the molecule is [Cu][I].[I-].[I-].[Li+].[Li+]. The molecule has 6 heteroatoms. The van der Waals surface area contributed by atoms with Crippen molar-refractivity contribution in [2.75, 3.05) is 0 Å². The van der Waals surface area contributed by atoms with Crippen molar-refractivity contribution in [1.29, 1.82) is 0 Å². The minimum Gasteiger partial charge on any atom is -1.00 e. The van der Waals surface area contributed by atoms with Crippen LogP contribution < -0.4 is 85.7 Å². The van der Waals surface area contributed by atoms with Crippen LogP contribution in [-0.4, -0.2) is 0 Å². The van der Waals surface area contributed by atoms with E-state index in [0.29, 0.717) is 0 Å². The van der Waals surface area contributed by atoms with Crippen LogP contribution in [0, 0.1) is 0 Å². The fourth-order valence-corrected chi connectivity index (χ4v) is 0. The van der Waals surface area contributed by atoms with Crippen molar-refractivity contribution in [2.45, 2.75) is 0 Å². The molecule has 0 fully saturated rings. The van der Waals surface area contributed by atoms with Gasteiger partial charge in [-0.15, -0.1) is 0 Å². The molecule has 0 heterocycles. The summed E-state index contributed by atoms with van der Waals surface area (Å²) in [5.41, 5.74) is 0. The molecule has 0 aromatic rings. The van der Waals surface area contributed by atoms with E-state index in [4.69, 9.17) is 0 Å². The van der Waals surface area contributed by atoms with Gasteiger partial charge in [0.25, 0.3) is 0 Å². The third kappa shape index (κ3) is 24.7. The zero-order valence-corrected chi connectivity index (χ0v) is 10.8. The zero-order chi connectivity index (χ0) is 2.00. The largest absolute Gasteiger partial charge is 1.00 e. The van der Waals surface area contributed by atoms with Crippen molar-refractivity contribution in [1.82, 2.24) is 0 Å². The molecule has 6 heavy (non-hydrogen) atoms. The summed E-state index contributed by atoms with van der Waals surface area (Å²) in [6.07, 6.45) is 0. The van der Waals surface area contributed by atoms with Gasteiger partial charge in [-0.1, -0.05) is 0 Å². The fraction of sp³-hybridized carbons (Fsp3) is 0. The van der Waals surface area contributed by atoms with E-state index in [1.54, 1.807) is 20.3 Å². The zero-order valence-electron chi connectivity index (χ0n) is 3.44. The van der Waals surface area contributed by atoms with Crippen LogP contribution in [0.5, 0.6) is 0 Å². The minimum absolute atomic E-state index is 0. The first kappa shape index (κ1) is 32.6. The van der Waals surface area contributed by atoms with Gasteiger partial charge in [-0.25, -0.2) is 0 Å². The Hall–Kier alpha value is 3.90. The average Bonchev–Trinajstić information content (AvgIpc) is 1.00. The average molecular weight is 458 g/mol. The Morgan fingerprint density at radius 1 is 0.833 bits per heavy atom. The Kier molecular flexibility index (Phi) is 199. The van der Waals surface area contributed by atoms with Gasteiger partial charge in [0.1, 0.15) is 0 Å². The second-order valence-corrected chi connectivity index (χ2v) is 0. The molecule has 0 nitrogen and oxygen atoms in total. The summed E-state index contributed by atoms with van der Waals surface area (Å²) in [7, 11) is 0. The van der Waals surface area contributed by atoms with Gasteiger partial charge >= 0.3 is 70.8 Å². The van der Waals surface area contributed by atoms with Crippen molar-refractivity contribution in [2.24, 2.45) is 0 Å². The molecule has 0 rings (SSSR count). The van der Waals surface area contributed by atoms with E-state index in [0.717, 1.165) is 0 Å². The third-order valence-electron chi connectivity index (χ3n) is 0. The first-order valence-electron chi connectivity index (χ1n) is 0.114.